The number of hydrogen-bond donors (Lipinski definition) is 9. The summed E-state index contributed by atoms with van der Waals surface area (Å²) in [6, 6.07) is 22.1. The number of aliphatic carboxylic acids is 3. The van der Waals surface area contributed by atoms with Crippen molar-refractivity contribution in [3.8, 4) is 34.5 Å². The first-order chi connectivity index (χ1) is 50.4. The highest BCUT2D eigenvalue weighted by Crippen LogP contribution is 2.47. The van der Waals surface area contributed by atoms with Gasteiger partial charge in [-0.25, -0.2) is 28.1 Å². The predicted octanol–water partition coefficient (Wildman–Crippen LogP) is 17.9. The molecular weight excluding hydrogens is 1400 g/mol. The monoisotopic (exact) mass is 1530 g/mol. The Hall–Kier alpha value is -9.06. The molecule has 0 saturated carbocycles. The van der Waals surface area contributed by atoms with Crippen LogP contribution in [0.2, 0.25) is 0 Å². The molecule has 0 aliphatic heterocycles. The summed E-state index contributed by atoms with van der Waals surface area (Å²) in [6.07, 6.45) is -0.758. The van der Waals surface area contributed by atoms with Crippen molar-refractivity contribution in [1.29, 1.82) is 0 Å². The van der Waals surface area contributed by atoms with E-state index in [-0.39, 0.29) is 92.3 Å². The minimum absolute atomic E-state index is 0.0282. The van der Waals surface area contributed by atoms with Crippen LogP contribution >= 0.6 is 0 Å². The first-order valence-electron chi connectivity index (χ1n) is 39.2. The van der Waals surface area contributed by atoms with Gasteiger partial charge >= 0.3 is 35.0 Å². The van der Waals surface area contributed by atoms with E-state index in [2.05, 4.69) is 0 Å². The second-order valence-electron chi connectivity index (χ2n) is 40.7. The fraction of sp³-hybridized carbons (Fsp3) is 0.548. The van der Waals surface area contributed by atoms with Gasteiger partial charge in [0.25, 0.3) is 0 Å². The Labute approximate surface area is 658 Å². The number of aromatic hydroxyl groups is 6. The van der Waals surface area contributed by atoms with Crippen LogP contribution < -0.4 is 17.1 Å². The zero-order valence-corrected chi connectivity index (χ0v) is 71.5. The van der Waals surface area contributed by atoms with Gasteiger partial charge in [-0.15, -0.1) is 0 Å². The summed E-state index contributed by atoms with van der Waals surface area (Å²) in [7, 11) is 0. The topological polar surface area (TPSA) is 299 Å². The summed E-state index contributed by atoms with van der Waals surface area (Å²) in [6.45, 7) is 51.9. The number of carboxylic acids is 3. The summed E-state index contributed by atoms with van der Waals surface area (Å²) >= 11 is 0. The standard InChI is InChI=1S/C93H129N3O15/c1-85(2,3)64-43-52(37-61(73(64)97)40-55-46-67(88(10,11)12)76(100)68(47-55)89(13,14)15)34-58(79(103)104)28-31-94-82(109)95(32-29-59(80(105)106)35-53-38-62(74(98)65(44-53)86(4,5)6)41-56-48-69(90(16,17)18)77(101)70(49-56)91(19,20)21)84(111)96(83(94)110)33-30-60(81(107)108)36-54-39-63(75(99)66(45-54)87(7,8)9)42-57-50-71(92(22,23)24)78(102)72(51-57)93(25,26)27/h37-39,43-51,58-60,97-102H,28-36,40-42H2,1-27H3,(H,103,104)(H,105,106)(H,107,108). The van der Waals surface area contributed by atoms with Crippen molar-refractivity contribution >= 4 is 17.9 Å². The molecule has 7 rings (SSSR count). The minimum atomic E-state index is -1.27. The lowest BCUT2D eigenvalue weighted by atomic mass is 9.77. The number of benzene rings is 6. The normalized spacial score (nSPS) is 13.9. The minimum Gasteiger partial charge on any atom is -0.507 e. The average Bonchev–Trinajstić information content (AvgIpc) is 0.787. The highest BCUT2D eigenvalue weighted by atomic mass is 16.4. The van der Waals surface area contributed by atoms with Crippen molar-refractivity contribution in [2.75, 3.05) is 0 Å². The Morgan fingerprint density at radius 1 is 0.261 bits per heavy atom. The maximum Gasteiger partial charge on any atom is 0.336 e. The molecule has 0 amide bonds. The summed E-state index contributed by atoms with van der Waals surface area (Å²) < 4.78 is 2.29. The molecule has 18 heteroatoms. The fourth-order valence-corrected chi connectivity index (χ4v) is 15.1. The van der Waals surface area contributed by atoms with Crippen LogP contribution in [0.25, 0.3) is 0 Å². The zero-order chi connectivity index (χ0) is 84.3. The number of phenols is 6. The van der Waals surface area contributed by atoms with Gasteiger partial charge in [0.2, 0.25) is 0 Å². The van der Waals surface area contributed by atoms with Crippen LogP contribution in [0.3, 0.4) is 0 Å². The Bertz CT molecular complexity index is 4240. The first-order valence-corrected chi connectivity index (χ1v) is 39.2. The third-order valence-corrected chi connectivity index (χ3v) is 21.7. The van der Waals surface area contributed by atoms with E-state index in [1.54, 1.807) is 36.4 Å². The van der Waals surface area contributed by atoms with Crippen LogP contribution in [-0.4, -0.2) is 77.6 Å². The maximum atomic E-state index is 15.2. The average molecular weight is 1530 g/mol. The molecule has 0 bridgehead atoms. The highest BCUT2D eigenvalue weighted by Gasteiger charge is 2.35. The van der Waals surface area contributed by atoms with Crippen LogP contribution in [0.4, 0.5) is 0 Å². The van der Waals surface area contributed by atoms with Crippen molar-refractivity contribution in [2.24, 2.45) is 17.8 Å². The molecule has 0 aliphatic rings. The molecule has 6 aromatic carbocycles. The summed E-state index contributed by atoms with van der Waals surface area (Å²) in [4.78, 5) is 86.6. The Morgan fingerprint density at radius 2 is 0.414 bits per heavy atom. The molecule has 0 aliphatic carbocycles. The van der Waals surface area contributed by atoms with E-state index >= 15 is 14.4 Å². The van der Waals surface area contributed by atoms with Gasteiger partial charge in [0, 0.05) is 38.9 Å². The molecule has 606 valence electrons. The molecule has 3 unspecified atom stereocenters. The second kappa shape index (κ2) is 32.2. The SMILES string of the molecule is CC(C)(C)c1cc(CC(CCn2c(=O)n(CCC(Cc3cc(Cc4cc(C(C)(C)C)c(O)c(C(C)(C)C)c4)c(O)c(C(C)(C)C)c3)C(=O)O)c(=O)n(CCC(Cc3cc(Cc4cc(C(C)(C)C)c(O)c(C(C)(C)C)c4)c(O)c(C(C)(C)C)c3)C(=O)O)c2=O)C(=O)O)cc(Cc2cc(C(C)(C)C)c(O)c(C(C)(C)C)c2)c1O. The fourth-order valence-electron chi connectivity index (χ4n) is 15.1. The zero-order valence-electron chi connectivity index (χ0n) is 71.5. The molecule has 18 nitrogen and oxygen atoms in total. The lowest BCUT2D eigenvalue weighted by Crippen LogP contribution is -2.55. The Balaban J connectivity index is 1.33. The van der Waals surface area contributed by atoms with E-state index < -0.39 is 121 Å². The molecule has 1 aromatic heterocycles. The molecular formula is C93H129N3O15. The number of nitrogens with zero attached hydrogens (tertiary/aromatic N) is 3. The van der Waals surface area contributed by atoms with Crippen LogP contribution in [-0.2, 0) is 121 Å². The smallest absolute Gasteiger partial charge is 0.336 e. The van der Waals surface area contributed by atoms with Crippen LogP contribution in [0, 0.1) is 17.8 Å². The van der Waals surface area contributed by atoms with Gasteiger partial charge in [-0.3, -0.25) is 14.4 Å². The van der Waals surface area contributed by atoms with Crippen LogP contribution in [0.15, 0.2) is 87.2 Å². The van der Waals surface area contributed by atoms with Gasteiger partial charge in [-0.1, -0.05) is 260 Å². The number of hydrogen-bond acceptors (Lipinski definition) is 12. The Kier molecular flexibility index (Phi) is 25.9. The third-order valence-electron chi connectivity index (χ3n) is 21.7. The van der Waals surface area contributed by atoms with Crippen molar-refractivity contribution < 1.29 is 60.3 Å². The molecule has 0 fully saturated rings. The van der Waals surface area contributed by atoms with Crippen molar-refractivity contribution in [3.05, 3.63) is 204 Å². The Morgan fingerprint density at radius 3 is 0.568 bits per heavy atom. The third kappa shape index (κ3) is 21.2. The van der Waals surface area contributed by atoms with Gasteiger partial charge in [0.1, 0.15) is 34.5 Å². The lowest BCUT2D eigenvalue weighted by molar-refractivity contribution is -0.143. The number of rotatable bonds is 24. The first kappa shape index (κ1) is 89.1. The quantitative estimate of drug-likeness (QED) is 0.0272. The summed E-state index contributed by atoms with van der Waals surface area (Å²) in [5.41, 5.74) is 3.52. The number of phenolic OH excluding ortho intramolecular Hbond substituents is 6. The number of carboxylic acid groups (broad SMARTS) is 3. The molecule has 3 atom stereocenters. The van der Waals surface area contributed by atoms with Crippen LogP contribution in [0.5, 0.6) is 34.5 Å². The van der Waals surface area contributed by atoms with Crippen molar-refractivity contribution in [2.45, 2.75) is 313 Å². The van der Waals surface area contributed by atoms with Crippen molar-refractivity contribution in [1.82, 2.24) is 13.7 Å². The highest BCUT2D eigenvalue weighted by molar-refractivity contribution is 5.72. The molecule has 1 heterocycles. The van der Waals surface area contributed by atoms with Gasteiger partial charge < -0.3 is 46.0 Å². The molecule has 0 spiro atoms. The van der Waals surface area contributed by atoms with Gasteiger partial charge in [-0.2, -0.15) is 0 Å². The van der Waals surface area contributed by atoms with E-state index in [4.69, 9.17) is 0 Å². The molecule has 111 heavy (non-hydrogen) atoms. The summed E-state index contributed by atoms with van der Waals surface area (Å²) in [5, 5.41) is 105. The molecule has 7 aromatic rings. The van der Waals surface area contributed by atoms with Gasteiger partial charge in [0.05, 0.1) is 17.8 Å². The predicted molar refractivity (Wildman–Crippen MR) is 443 cm³/mol. The van der Waals surface area contributed by atoms with Gasteiger partial charge in [-0.05, 0) is 187 Å². The molecule has 0 radical (unpaired) electrons. The lowest BCUT2D eigenvalue weighted by Gasteiger charge is -2.29. The van der Waals surface area contributed by atoms with Gasteiger partial charge in [0.15, 0.2) is 0 Å². The van der Waals surface area contributed by atoms with Crippen molar-refractivity contribution in [3.63, 3.8) is 0 Å². The molecule has 9 N–H and O–H groups in total. The van der Waals surface area contributed by atoms with E-state index in [0.717, 1.165) is 63.8 Å². The second-order valence-corrected chi connectivity index (χ2v) is 40.7. The van der Waals surface area contributed by atoms with Crippen LogP contribution in [0.1, 0.15) is 306 Å². The number of carbonyl (C=O) groups is 3. The van der Waals surface area contributed by atoms with E-state index in [9.17, 15) is 60.3 Å². The van der Waals surface area contributed by atoms with E-state index in [0.29, 0.717) is 50.1 Å². The summed E-state index contributed by atoms with van der Waals surface area (Å²) in [5.74, 6) is -6.96. The maximum absolute atomic E-state index is 15.2. The van der Waals surface area contributed by atoms with E-state index in [1.807, 2.05) is 223 Å². The van der Waals surface area contributed by atoms with E-state index in [1.165, 1.54) is 0 Å². The largest absolute Gasteiger partial charge is 0.507 e. The number of aromatic nitrogens is 3. The molecule has 0 saturated heterocycles.